The number of nitrogens with one attached hydrogen (secondary N) is 1. The number of hydrogen-bond acceptors (Lipinski definition) is 3. The van der Waals surface area contributed by atoms with Gasteiger partial charge in [-0.2, -0.15) is 0 Å². The van der Waals surface area contributed by atoms with Crippen molar-refractivity contribution < 1.29 is 9.90 Å². The largest absolute Gasteiger partial charge is 0.508 e. The highest BCUT2D eigenvalue weighted by Crippen LogP contribution is 2.11. The molecule has 0 aromatic heterocycles. The maximum atomic E-state index is 11.9. The van der Waals surface area contributed by atoms with Gasteiger partial charge in [0.15, 0.2) is 0 Å². The molecular weight excluding hydrogens is 264 g/mol. The zero-order valence-corrected chi connectivity index (χ0v) is 12.1. The molecule has 0 bridgehead atoms. The third-order valence-corrected chi connectivity index (χ3v) is 3.28. The van der Waals surface area contributed by atoms with Crippen molar-refractivity contribution in [3.63, 3.8) is 0 Å². The third kappa shape index (κ3) is 4.53. The molecule has 0 unspecified atom stereocenters. The molecule has 0 spiro atoms. The fraction of sp³-hybridized carbons (Fsp3) is 0.235. The Labute approximate surface area is 125 Å². The van der Waals surface area contributed by atoms with E-state index >= 15 is 0 Å². The van der Waals surface area contributed by atoms with E-state index in [4.69, 9.17) is 0 Å². The van der Waals surface area contributed by atoms with Crippen LogP contribution in [0.1, 0.15) is 16.8 Å². The van der Waals surface area contributed by atoms with Crippen LogP contribution in [0.2, 0.25) is 0 Å². The summed E-state index contributed by atoms with van der Waals surface area (Å²) in [7, 11) is 2.04. The van der Waals surface area contributed by atoms with E-state index in [0.29, 0.717) is 12.1 Å². The Kier molecular flexibility index (Phi) is 5.21. The number of benzene rings is 2. The van der Waals surface area contributed by atoms with Gasteiger partial charge in [0, 0.05) is 31.4 Å². The number of rotatable bonds is 6. The molecule has 2 aromatic carbocycles. The van der Waals surface area contributed by atoms with Crippen LogP contribution < -0.4 is 10.2 Å². The van der Waals surface area contributed by atoms with E-state index < -0.39 is 0 Å². The lowest BCUT2D eigenvalue weighted by molar-refractivity contribution is 0.0953. The van der Waals surface area contributed by atoms with E-state index in [0.717, 1.165) is 13.0 Å². The summed E-state index contributed by atoms with van der Waals surface area (Å²) in [6, 6.07) is 16.4. The fourth-order valence-corrected chi connectivity index (χ4v) is 2.04. The monoisotopic (exact) mass is 284 g/mol. The lowest BCUT2D eigenvalue weighted by Gasteiger charge is -2.19. The van der Waals surface area contributed by atoms with Gasteiger partial charge in [-0.05, 0) is 42.8 Å². The lowest BCUT2D eigenvalue weighted by atomic mass is 10.2. The molecule has 0 fully saturated rings. The number of carbonyl (C=O) groups is 1. The Morgan fingerprint density at radius 2 is 1.76 bits per heavy atom. The van der Waals surface area contributed by atoms with Gasteiger partial charge in [-0.3, -0.25) is 4.79 Å². The molecule has 0 atom stereocenters. The first-order valence-corrected chi connectivity index (χ1v) is 7.00. The maximum Gasteiger partial charge on any atom is 0.251 e. The summed E-state index contributed by atoms with van der Waals surface area (Å²) in [4.78, 5) is 14.0. The molecule has 110 valence electrons. The van der Waals surface area contributed by atoms with Crippen molar-refractivity contribution in [3.8, 4) is 5.75 Å². The molecule has 2 N–H and O–H groups in total. The van der Waals surface area contributed by atoms with Crippen molar-refractivity contribution >= 4 is 11.6 Å². The van der Waals surface area contributed by atoms with Crippen molar-refractivity contribution in [3.05, 3.63) is 60.2 Å². The minimum atomic E-state index is -0.114. The number of amides is 1. The predicted molar refractivity (Wildman–Crippen MR) is 84.8 cm³/mol. The molecule has 21 heavy (non-hydrogen) atoms. The number of hydrogen-bond donors (Lipinski definition) is 2. The van der Waals surface area contributed by atoms with Gasteiger partial charge in [0.1, 0.15) is 5.75 Å². The number of para-hydroxylation sites is 1. The van der Waals surface area contributed by atoms with E-state index in [-0.39, 0.29) is 11.7 Å². The number of anilines is 1. The zero-order chi connectivity index (χ0) is 15.1. The zero-order valence-electron chi connectivity index (χ0n) is 12.1. The van der Waals surface area contributed by atoms with Gasteiger partial charge < -0.3 is 15.3 Å². The van der Waals surface area contributed by atoms with Crippen LogP contribution in [0, 0.1) is 0 Å². The molecule has 0 aliphatic rings. The van der Waals surface area contributed by atoms with E-state index in [1.807, 2.05) is 25.2 Å². The highest BCUT2D eigenvalue weighted by molar-refractivity contribution is 5.94. The molecule has 1 amide bonds. The van der Waals surface area contributed by atoms with Crippen LogP contribution in [-0.2, 0) is 0 Å². The summed E-state index contributed by atoms with van der Waals surface area (Å²) < 4.78 is 0. The average molecular weight is 284 g/mol. The lowest BCUT2D eigenvalue weighted by Crippen LogP contribution is -2.28. The van der Waals surface area contributed by atoms with Crippen molar-refractivity contribution in [2.24, 2.45) is 0 Å². The van der Waals surface area contributed by atoms with Crippen LogP contribution in [0.3, 0.4) is 0 Å². The van der Waals surface area contributed by atoms with Crippen LogP contribution in [0.25, 0.3) is 0 Å². The summed E-state index contributed by atoms with van der Waals surface area (Å²) in [6.07, 6.45) is 0.870. The SMILES string of the molecule is CN(CCCNC(=O)c1ccc(O)cc1)c1ccccc1. The van der Waals surface area contributed by atoms with Crippen LogP contribution in [0.15, 0.2) is 54.6 Å². The Balaban J connectivity index is 1.72. The standard InChI is InChI=1S/C17H20N2O2/c1-19(15-6-3-2-4-7-15)13-5-12-18-17(21)14-8-10-16(20)11-9-14/h2-4,6-11,20H,5,12-13H2,1H3,(H,18,21). The number of aromatic hydroxyl groups is 1. The van der Waals surface area contributed by atoms with Gasteiger partial charge in [0.25, 0.3) is 5.91 Å². The highest BCUT2D eigenvalue weighted by atomic mass is 16.3. The quantitative estimate of drug-likeness (QED) is 0.802. The number of carbonyl (C=O) groups excluding carboxylic acids is 1. The van der Waals surface area contributed by atoms with E-state index in [1.54, 1.807) is 12.1 Å². The summed E-state index contributed by atoms with van der Waals surface area (Å²) >= 11 is 0. The van der Waals surface area contributed by atoms with Gasteiger partial charge in [-0.25, -0.2) is 0 Å². The van der Waals surface area contributed by atoms with Gasteiger partial charge in [0.05, 0.1) is 0 Å². The van der Waals surface area contributed by atoms with Crippen LogP contribution in [0.4, 0.5) is 5.69 Å². The minimum Gasteiger partial charge on any atom is -0.508 e. The Morgan fingerprint density at radius 1 is 1.10 bits per heavy atom. The topological polar surface area (TPSA) is 52.6 Å². The molecule has 0 heterocycles. The van der Waals surface area contributed by atoms with E-state index in [9.17, 15) is 9.90 Å². The Bertz CT molecular complexity index is 567. The summed E-state index contributed by atoms with van der Waals surface area (Å²) in [6.45, 7) is 1.50. The van der Waals surface area contributed by atoms with Crippen LogP contribution in [-0.4, -0.2) is 31.2 Å². The first kappa shape index (κ1) is 14.9. The number of phenols is 1. The van der Waals surface area contributed by atoms with Crippen LogP contribution in [0.5, 0.6) is 5.75 Å². The molecule has 0 radical (unpaired) electrons. The van der Waals surface area contributed by atoms with Gasteiger partial charge in [-0.1, -0.05) is 18.2 Å². The normalized spacial score (nSPS) is 10.1. The fourth-order valence-electron chi connectivity index (χ4n) is 2.04. The molecule has 2 rings (SSSR count). The first-order chi connectivity index (χ1) is 10.2. The predicted octanol–water partition coefficient (Wildman–Crippen LogP) is 2.65. The molecule has 4 heteroatoms. The van der Waals surface area contributed by atoms with Gasteiger partial charge >= 0.3 is 0 Å². The van der Waals surface area contributed by atoms with Crippen molar-refractivity contribution in [2.75, 3.05) is 25.0 Å². The second kappa shape index (κ2) is 7.33. The molecular formula is C17H20N2O2. The second-order valence-electron chi connectivity index (χ2n) is 4.91. The first-order valence-electron chi connectivity index (χ1n) is 7.00. The van der Waals surface area contributed by atoms with E-state index in [2.05, 4.69) is 22.3 Å². The number of phenolic OH excluding ortho intramolecular Hbond substituents is 1. The van der Waals surface area contributed by atoms with E-state index in [1.165, 1.54) is 17.8 Å². The third-order valence-electron chi connectivity index (χ3n) is 3.28. The highest BCUT2D eigenvalue weighted by Gasteiger charge is 2.05. The summed E-state index contributed by atoms with van der Waals surface area (Å²) in [5, 5.41) is 12.1. The average Bonchev–Trinajstić information content (AvgIpc) is 2.52. The summed E-state index contributed by atoms with van der Waals surface area (Å²) in [5.74, 6) is 0.0494. The molecule has 0 saturated carbocycles. The molecule has 4 nitrogen and oxygen atoms in total. The molecule has 0 aliphatic heterocycles. The second-order valence-corrected chi connectivity index (χ2v) is 4.91. The van der Waals surface area contributed by atoms with Gasteiger partial charge in [0.2, 0.25) is 0 Å². The number of nitrogens with zero attached hydrogens (tertiary/aromatic N) is 1. The van der Waals surface area contributed by atoms with Crippen molar-refractivity contribution in [2.45, 2.75) is 6.42 Å². The van der Waals surface area contributed by atoms with Crippen molar-refractivity contribution in [1.82, 2.24) is 5.32 Å². The Morgan fingerprint density at radius 3 is 2.43 bits per heavy atom. The Hall–Kier alpha value is -2.49. The summed E-state index contributed by atoms with van der Waals surface area (Å²) in [5.41, 5.74) is 1.73. The van der Waals surface area contributed by atoms with Gasteiger partial charge in [-0.15, -0.1) is 0 Å². The molecule has 0 saturated heterocycles. The molecule has 2 aromatic rings. The molecule has 0 aliphatic carbocycles. The van der Waals surface area contributed by atoms with Crippen molar-refractivity contribution in [1.29, 1.82) is 0 Å². The maximum absolute atomic E-state index is 11.9. The van der Waals surface area contributed by atoms with Crippen LogP contribution >= 0.6 is 0 Å². The minimum absolute atomic E-state index is 0.114. The smallest absolute Gasteiger partial charge is 0.251 e.